The van der Waals surface area contributed by atoms with Gasteiger partial charge in [0.15, 0.2) is 0 Å². The van der Waals surface area contributed by atoms with Gasteiger partial charge < -0.3 is 10.6 Å². The standard InChI is InChI=1S/C16H16N4O2S/c1-3-17-15(22)12-8-11-13(19-20-16(11)23-12)18-14(21)10-7-5-4-6-9(10)2/h4-8H,3H2,1-2H3,(H,17,22)(H2,18,19,20,21). The van der Waals surface area contributed by atoms with Gasteiger partial charge in [-0.3, -0.25) is 14.7 Å². The van der Waals surface area contributed by atoms with Crippen molar-refractivity contribution in [2.45, 2.75) is 13.8 Å². The van der Waals surface area contributed by atoms with Gasteiger partial charge in [-0.15, -0.1) is 11.3 Å². The van der Waals surface area contributed by atoms with Crippen LogP contribution in [0.1, 0.15) is 32.5 Å². The zero-order valence-corrected chi connectivity index (χ0v) is 13.6. The Hall–Kier alpha value is -2.67. The molecule has 0 unspecified atom stereocenters. The topological polar surface area (TPSA) is 86.9 Å². The van der Waals surface area contributed by atoms with E-state index < -0.39 is 0 Å². The highest BCUT2D eigenvalue weighted by Crippen LogP contribution is 2.29. The molecule has 2 heterocycles. The van der Waals surface area contributed by atoms with Gasteiger partial charge in [0.05, 0.1) is 10.3 Å². The molecule has 7 heteroatoms. The second-order valence-electron chi connectivity index (χ2n) is 5.06. The highest BCUT2D eigenvalue weighted by atomic mass is 32.1. The first-order chi connectivity index (χ1) is 11.1. The first kappa shape index (κ1) is 15.2. The zero-order chi connectivity index (χ0) is 16.4. The number of amides is 2. The number of rotatable bonds is 4. The summed E-state index contributed by atoms with van der Waals surface area (Å²) >= 11 is 1.29. The summed E-state index contributed by atoms with van der Waals surface area (Å²) in [5, 5.41) is 13.3. The zero-order valence-electron chi connectivity index (χ0n) is 12.8. The Bertz CT molecular complexity index is 881. The van der Waals surface area contributed by atoms with Crippen molar-refractivity contribution >= 4 is 39.2 Å². The summed E-state index contributed by atoms with van der Waals surface area (Å²) in [5.41, 5.74) is 1.50. The molecule has 2 aromatic heterocycles. The number of aryl methyl sites for hydroxylation is 1. The van der Waals surface area contributed by atoms with Crippen molar-refractivity contribution in [2.24, 2.45) is 0 Å². The Labute approximate surface area is 136 Å². The second-order valence-corrected chi connectivity index (χ2v) is 6.09. The number of nitrogens with zero attached hydrogens (tertiary/aromatic N) is 1. The number of anilines is 1. The number of benzene rings is 1. The van der Waals surface area contributed by atoms with Crippen LogP contribution in [0.4, 0.5) is 5.82 Å². The molecular weight excluding hydrogens is 312 g/mol. The van der Waals surface area contributed by atoms with E-state index >= 15 is 0 Å². The fourth-order valence-corrected chi connectivity index (χ4v) is 3.19. The van der Waals surface area contributed by atoms with Gasteiger partial charge in [0.2, 0.25) is 0 Å². The van der Waals surface area contributed by atoms with Crippen LogP contribution in [-0.2, 0) is 0 Å². The molecule has 0 fully saturated rings. The average molecular weight is 328 g/mol. The lowest BCUT2D eigenvalue weighted by Crippen LogP contribution is -2.21. The lowest BCUT2D eigenvalue weighted by atomic mass is 10.1. The summed E-state index contributed by atoms with van der Waals surface area (Å²) < 4.78 is 0. The second kappa shape index (κ2) is 6.21. The maximum atomic E-state index is 12.4. The van der Waals surface area contributed by atoms with Gasteiger partial charge in [0.1, 0.15) is 10.6 Å². The molecular formula is C16H16N4O2S. The van der Waals surface area contributed by atoms with E-state index in [9.17, 15) is 9.59 Å². The van der Waals surface area contributed by atoms with Crippen molar-refractivity contribution in [3.63, 3.8) is 0 Å². The number of H-pyrrole nitrogens is 1. The van der Waals surface area contributed by atoms with Gasteiger partial charge in [-0.2, -0.15) is 5.10 Å². The number of carbonyl (C=O) groups excluding carboxylic acids is 2. The van der Waals surface area contributed by atoms with Crippen molar-refractivity contribution in [2.75, 3.05) is 11.9 Å². The predicted molar refractivity (Wildman–Crippen MR) is 91.1 cm³/mol. The van der Waals surface area contributed by atoms with Crippen LogP contribution in [0.2, 0.25) is 0 Å². The van der Waals surface area contributed by atoms with Crippen LogP contribution >= 0.6 is 11.3 Å². The summed E-state index contributed by atoms with van der Waals surface area (Å²) in [6.07, 6.45) is 0. The summed E-state index contributed by atoms with van der Waals surface area (Å²) in [4.78, 5) is 25.5. The Morgan fingerprint density at radius 2 is 2.04 bits per heavy atom. The smallest absolute Gasteiger partial charge is 0.261 e. The quantitative estimate of drug-likeness (QED) is 0.688. The monoisotopic (exact) mass is 328 g/mol. The molecule has 0 radical (unpaired) electrons. The first-order valence-corrected chi connectivity index (χ1v) is 8.05. The van der Waals surface area contributed by atoms with Crippen LogP contribution in [0.5, 0.6) is 0 Å². The van der Waals surface area contributed by atoms with Crippen molar-refractivity contribution in [1.82, 2.24) is 15.5 Å². The lowest BCUT2D eigenvalue weighted by Gasteiger charge is -2.05. The van der Waals surface area contributed by atoms with Crippen LogP contribution in [0.25, 0.3) is 10.2 Å². The molecule has 0 aliphatic heterocycles. The van der Waals surface area contributed by atoms with Gasteiger partial charge >= 0.3 is 0 Å². The molecule has 0 aliphatic carbocycles. The predicted octanol–water partition coefficient (Wildman–Crippen LogP) is 2.93. The van der Waals surface area contributed by atoms with Crippen molar-refractivity contribution in [3.05, 3.63) is 46.3 Å². The van der Waals surface area contributed by atoms with E-state index in [2.05, 4.69) is 20.8 Å². The van der Waals surface area contributed by atoms with Crippen LogP contribution < -0.4 is 10.6 Å². The van der Waals surface area contributed by atoms with Gasteiger partial charge in [0, 0.05) is 12.1 Å². The molecule has 0 saturated carbocycles. The highest BCUT2D eigenvalue weighted by Gasteiger charge is 2.17. The van der Waals surface area contributed by atoms with Gasteiger partial charge in [0.25, 0.3) is 11.8 Å². The van der Waals surface area contributed by atoms with Gasteiger partial charge in [-0.25, -0.2) is 0 Å². The number of thiophene rings is 1. The van der Waals surface area contributed by atoms with E-state index in [1.165, 1.54) is 11.3 Å². The number of hydrogen-bond acceptors (Lipinski definition) is 4. The van der Waals surface area contributed by atoms with Gasteiger partial charge in [-0.05, 0) is 31.5 Å². The third-order valence-electron chi connectivity index (χ3n) is 3.44. The molecule has 118 valence electrons. The molecule has 0 spiro atoms. The maximum Gasteiger partial charge on any atom is 0.261 e. The molecule has 0 bridgehead atoms. The van der Waals surface area contributed by atoms with Crippen LogP contribution in [0.3, 0.4) is 0 Å². The number of nitrogens with one attached hydrogen (secondary N) is 3. The van der Waals surface area contributed by atoms with Gasteiger partial charge in [-0.1, -0.05) is 18.2 Å². The molecule has 1 aromatic carbocycles. The number of hydrogen-bond donors (Lipinski definition) is 3. The van der Waals surface area contributed by atoms with E-state index in [0.717, 1.165) is 10.9 Å². The molecule has 3 N–H and O–H groups in total. The summed E-state index contributed by atoms with van der Waals surface area (Å²) in [7, 11) is 0. The van der Waals surface area contributed by atoms with Crippen molar-refractivity contribution < 1.29 is 9.59 Å². The number of aromatic nitrogens is 2. The molecule has 0 saturated heterocycles. The molecule has 6 nitrogen and oxygen atoms in total. The summed E-state index contributed by atoms with van der Waals surface area (Å²) in [5.74, 6) is 0.158. The minimum absolute atomic E-state index is 0.133. The fourth-order valence-electron chi connectivity index (χ4n) is 2.27. The number of fused-ring (bicyclic) bond motifs is 1. The Morgan fingerprint density at radius 3 is 2.78 bits per heavy atom. The maximum absolute atomic E-state index is 12.4. The SMILES string of the molecule is CCNC(=O)c1cc2c(NC(=O)c3ccccc3C)[nH]nc2s1. The molecule has 2 amide bonds. The summed E-state index contributed by atoms with van der Waals surface area (Å²) in [6.45, 7) is 4.32. The Morgan fingerprint density at radius 1 is 1.26 bits per heavy atom. The highest BCUT2D eigenvalue weighted by molar-refractivity contribution is 7.20. The molecule has 0 atom stereocenters. The van der Waals surface area contributed by atoms with E-state index in [0.29, 0.717) is 27.6 Å². The Kier molecular flexibility index (Phi) is 4.12. The Balaban J connectivity index is 1.87. The number of carbonyl (C=O) groups is 2. The normalized spacial score (nSPS) is 10.7. The average Bonchev–Trinajstić information content (AvgIpc) is 3.10. The van der Waals surface area contributed by atoms with E-state index in [1.54, 1.807) is 12.1 Å². The van der Waals surface area contributed by atoms with Crippen molar-refractivity contribution in [3.8, 4) is 0 Å². The van der Waals surface area contributed by atoms with E-state index in [-0.39, 0.29) is 11.8 Å². The molecule has 3 rings (SSSR count). The van der Waals surface area contributed by atoms with Crippen molar-refractivity contribution in [1.29, 1.82) is 0 Å². The lowest BCUT2D eigenvalue weighted by molar-refractivity contribution is 0.0959. The number of aromatic amines is 1. The van der Waals surface area contributed by atoms with Crippen LogP contribution in [0.15, 0.2) is 30.3 Å². The third kappa shape index (κ3) is 2.95. The van der Waals surface area contributed by atoms with Crippen LogP contribution in [-0.4, -0.2) is 28.6 Å². The molecule has 0 aliphatic rings. The minimum Gasteiger partial charge on any atom is -0.352 e. The van der Waals surface area contributed by atoms with Crippen LogP contribution in [0, 0.1) is 6.92 Å². The largest absolute Gasteiger partial charge is 0.352 e. The third-order valence-corrected chi connectivity index (χ3v) is 4.47. The van der Waals surface area contributed by atoms with E-state index in [1.807, 2.05) is 32.0 Å². The fraction of sp³-hybridized carbons (Fsp3) is 0.188. The molecule has 23 heavy (non-hydrogen) atoms. The van der Waals surface area contributed by atoms with E-state index in [4.69, 9.17) is 0 Å². The first-order valence-electron chi connectivity index (χ1n) is 7.23. The summed E-state index contributed by atoms with van der Waals surface area (Å²) in [6, 6.07) is 9.10. The minimum atomic E-state index is -0.209. The molecule has 3 aromatic rings.